The maximum absolute atomic E-state index is 13.0. The van der Waals surface area contributed by atoms with Gasteiger partial charge < -0.3 is 10.1 Å². The summed E-state index contributed by atoms with van der Waals surface area (Å²) in [5.74, 6) is -0.267. The van der Waals surface area contributed by atoms with Crippen molar-refractivity contribution in [1.29, 1.82) is 0 Å². The highest BCUT2D eigenvalue weighted by atomic mass is 19.1. The first-order valence-corrected chi connectivity index (χ1v) is 10.0. The number of nitrogens with zero attached hydrogens (tertiary/aromatic N) is 3. The number of anilines is 1. The Morgan fingerprint density at radius 1 is 0.970 bits per heavy atom. The molecule has 2 aromatic carbocycles. The first-order chi connectivity index (χ1) is 16.0. The first-order valence-electron chi connectivity index (χ1n) is 10.0. The third-order valence-electron chi connectivity index (χ3n) is 4.69. The lowest BCUT2D eigenvalue weighted by Crippen LogP contribution is -2.41. The van der Waals surface area contributed by atoms with Crippen LogP contribution >= 0.6 is 0 Å². The van der Waals surface area contributed by atoms with Crippen molar-refractivity contribution in [2.24, 2.45) is 0 Å². The van der Waals surface area contributed by atoms with Crippen molar-refractivity contribution >= 4 is 11.6 Å². The minimum atomic E-state index is -0.581. The van der Waals surface area contributed by atoms with Crippen LogP contribution < -0.4 is 21.3 Å². The number of ether oxygens (including phenoxy) is 1. The zero-order chi connectivity index (χ0) is 23.2. The summed E-state index contributed by atoms with van der Waals surface area (Å²) < 4.78 is 20.7. The Bertz CT molecular complexity index is 1360. The third-order valence-corrected chi connectivity index (χ3v) is 4.69. The van der Waals surface area contributed by atoms with Gasteiger partial charge in [-0.3, -0.25) is 18.7 Å². The molecule has 1 N–H and O–H groups in total. The van der Waals surface area contributed by atoms with Gasteiger partial charge in [0.25, 0.3) is 5.56 Å². The molecule has 0 atom stereocenters. The predicted octanol–water partition coefficient (Wildman–Crippen LogP) is 3.02. The number of aromatic nitrogens is 3. The molecule has 9 heteroatoms. The fraction of sp³-hybridized carbons (Fsp3) is 0.0833. The van der Waals surface area contributed by atoms with E-state index in [0.717, 1.165) is 10.1 Å². The fourth-order valence-electron chi connectivity index (χ4n) is 3.08. The van der Waals surface area contributed by atoms with Gasteiger partial charge in [-0.2, -0.15) is 0 Å². The molecule has 0 bridgehead atoms. The lowest BCUT2D eigenvalue weighted by Gasteiger charge is -2.11. The molecule has 0 aliphatic heterocycles. The van der Waals surface area contributed by atoms with E-state index in [-0.39, 0.29) is 18.2 Å². The summed E-state index contributed by atoms with van der Waals surface area (Å²) in [6.45, 7) is -0.165. The largest absolute Gasteiger partial charge is 0.439 e. The van der Waals surface area contributed by atoms with E-state index in [0.29, 0.717) is 11.4 Å². The number of carbonyl (C=O) groups excluding carboxylic acids is 1. The number of hydrogen-bond acceptors (Lipinski definition) is 5. The number of halogens is 1. The molecule has 0 aliphatic rings. The van der Waals surface area contributed by atoms with Crippen molar-refractivity contribution in [3.8, 4) is 11.6 Å². The lowest BCUT2D eigenvalue weighted by atomic mass is 10.2. The molecule has 4 rings (SSSR count). The van der Waals surface area contributed by atoms with Crippen LogP contribution in [0.5, 0.6) is 11.6 Å². The lowest BCUT2D eigenvalue weighted by molar-refractivity contribution is -0.116. The molecule has 0 spiro atoms. The minimum absolute atomic E-state index is 0.252. The van der Waals surface area contributed by atoms with Crippen LogP contribution in [0.4, 0.5) is 10.1 Å². The van der Waals surface area contributed by atoms with E-state index in [1.807, 2.05) is 30.3 Å². The van der Waals surface area contributed by atoms with Gasteiger partial charge in [-0.1, -0.05) is 30.3 Å². The topological polar surface area (TPSA) is 95.2 Å². The van der Waals surface area contributed by atoms with Crippen molar-refractivity contribution in [3.05, 3.63) is 117 Å². The van der Waals surface area contributed by atoms with Gasteiger partial charge in [0, 0.05) is 18.3 Å². The Hall–Kier alpha value is -4.53. The number of amides is 1. The molecule has 1 amide bonds. The number of benzene rings is 2. The number of pyridine rings is 1. The van der Waals surface area contributed by atoms with Gasteiger partial charge >= 0.3 is 5.69 Å². The molecule has 4 aromatic rings. The van der Waals surface area contributed by atoms with E-state index >= 15 is 0 Å². The molecule has 0 fully saturated rings. The van der Waals surface area contributed by atoms with Crippen molar-refractivity contribution < 1.29 is 13.9 Å². The first kappa shape index (κ1) is 21.7. The second-order valence-corrected chi connectivity index (χ2v) is 7.13. The molecule has 166 valence electrons. The number of rotatable bonds is 7. The van der Waals surface area contributed by atoms with Gasteiger partial charge in [0.15, 0.2) is 0 Å². The summed E-state index contributed by atoms with van der Waals surface area (Å²) in [6.07, 6.45) is 2.79. The van der Waals surface area contributed by atoms with Crippen LogP contribution in [0.15, 0.2) is 94.8 Å². The van der Waals surface area contributed by atoms with Crippen LogP contribution in [-0.2, 0) is 17.9 Å². The molecule has 2 heterocycles. The monoisotopic (exact) mass is 446 g/mol. The Labute approximate surface area is 187 Å². The molecule has 0 saturated heterocycles. The maximum atomic E-state index is 13.0. The zero-order valence-electron chi connectivity index (χ0n) is 17.3. The smallest absolute Gasteiger partial charge is 0.331 e. The van der Waals surface area contributed by atoms with E-state index in [1.54, 1.807) is 6.07 Å². The summed E-state index contributed by atoms with van der Waals surface area (Å²) >= 11 is 0. The molecular formula is C24H19FN4O4. The van der Waals surface area contributed by atoms with Gasteiger partial charge in [-0.25, -0.2) is 14.2 Å². The van der Waals surface area contributed by atoms with Gasteiger partial charge in [0.2, 0.25) is 11.8 Å². The maximum Gasteiger partial charge on any atom is 0.331 e. The van der Waals surface area contributed by atoms with E-state index in [2.05, 4.69) is 10.3 Å². The van der Waals surface area contributed by atoms with Gasteiger partial charge in [-0.05, 0) is 35.9 Å². The third kappa shape index (κ3) is 5.59. The van der Waals surface area contributed by atoms with Crippen molar-refractivity contribution in [1.82, 2.24) is 14.1 Å². The summed E-state index contributed by atoms with van der Waals surface area (Å²) in [6, 6.07) is 19.1. The van der Waals surface area contributed by atoms with Crippen LogP contribution in [0.25, 0.3) is 0 Å². The van der Waals surface area contributed by atoms with E-state index in [1.165, 1.54) is 53.4 Å². The molecule has 0 aliphatic carbocycles. The molecule has 8 nitrogen and oxygen atoms in total. The van der Waals surface area contributed by atoms with Crippen molar-refractivity contribution in [2.75, 3.05) is 5.32 Å². The van der Waals surface area contributed by atoms with Crippen LogP contribution in [0, 0.1) is 5.82 Å². The highest BCUT2D eigenvalue weighted by Crippen LogP contribution is 2.20. The van der Waals surface area contributed by atoms with Gasteiger partial charge in [0.05, 0.1) is 18.4 Å². The second-order valence-electron chi connectivity index (χ2n) is 7.13. The van der Waals surface area contributed by atoms with Crippen LogP contribution in [0.1, 0.15) is 5.56 Å². The normalized spacial score (nSPS) is 10.6. The van der Waals surface area contributed by atoms with Crippen LogP contribution in [0.2, 0.25) is 0 Å². The van der Waals surface area contributed by atoms with E-state index < -0.39 is 23.7 Å². The van der Waals surface area contributed by atoms with Crippen molar-refractivity contribution in [3.63, 3.8) is 0 Å². The number of carbonyl (C=O) groups is 1. The Morgan fingerprint density at radius 3 is 2.42 bits per heavy atom. The molecule has 2 aromatic heterocycles. The summed E-state index contributed by atoms with van der Waals surface area (Å²) in [5, 5.41) is 2.60. The Kier molecular flexibility index (Phi) is 6.40. The van der Waals surface area contributed by atoms with E-state index in [9.17, 15) is 18.8 Å². The molecular weight excluding hydrogens is 427 g/mol. The van der Waals surface area contributed by atoms with Crippen molar-refractivity contribution in [2.45, 2.75) is 13.1 Å². The van der Waals surface area contributed by atoms with E-state index in [4.69, 9.17) is 4.74 Å². The second kappa shape index (κ2) is 9.73. The molecule has 0 saturated carbocycles. The molecule has 33 heavy (non-hydrogen) atoms. The zero-order valence-corrected chi connectivity index (χ0v) is 17.3. The fourth-order valence-corrected chi connectivity index (χ4v) is 3.08. The minimum Gasteiger partial charge on any atom is -0.439 e. The average Bonchev–Trinajstić information content (AvgIpc) is 2.82. The predicted molar refractivity (Wildman–Crippen MR) is 120 cm³/mol. The average molecular weight is 446 g/mol. The Morgan fingerprint density at radius 2 is 1.73 bits per heavy atom. The SMILES string of the molecule is O=C(Cn1c(=O)ccn(Cc2ccccc2)c1=O)Nc1ccc(Oc2ccc(F)cc2)nc1. The molecule has 0 unspecified atom stereocenters. The quantitative estimate of drug-likeness (QED) is 0.471. The number of hydrogen-bond donors (Lipinski definition) is 1. The number of nitrogens with one attached hydrogen (secondary N) is 1. The summed E-state index contributed by atoms with van der Waals surface area (Å²) in [7, 11) is 0. The van der Waals surface area contributed by atoms with Crippen LogP contribution in [0.3, 0.4) is 0 Å². The summed E-state index contributed by atoms with van der Waals surface area (Å²) in [5.41, 5.74) is 0.103. The van der Waals surface area contributed by atoms with Gasteiger partial charge in [0.1, 0.15) is 18.1 Å². The standard InChI is InChI=1S/C24H19FN4O4/c25-18-6-9-20(10-7-18)33-22-11-8-19(14-26-22)27-21(30)16-29-23(31)12-13-28(24(29)32)15-17-4-2-1-3-5-17/h1-14H,15-16H2,(H,27,30). The Balaban J connectivity index is 1.42. The highest BCUT2D eigenvalue weighted by molar-refractivity contribution is 5.90. The van der Waals surface area contributed by atoms with Gasteiger partial charge in [-0.15, -0.1) is 0 Å². The highest BCUT2D eigenvalue weighted by Gasteiger charge is 2.11. The summed E-state index contributed by atoms with van der Waals surface area (Å²) in [4.78, 5) is 41.4. The van der Waals surface area contributed by atoms with Crippen LogP contribution in [-0.4, -0.2) is 20.0 Å². The molecule has 0 radical (unpaired) electrons.